The third-order valence-corrected chi connectivity index (χ3v) is 5.51. The molecule has 5 nitrogen and oxygen atoms in total. The molecule has 0 fully saturated rings. The van der Waals surface area contributed by atoms with Crippen molar-refractivity contribution in [2.24, 2.45) is 0 Å². The number of methoxy groups -OCH3 is 1. The van der Waals surface area contributed by atoms with E-state index in [1.54, 1.807) is 7.11 Å². The number of aromatic nitrogens is 1. The summed E-state index contributed by atoms with van der Waals surface area (Å²) in [5.74, 6) is -0.132. The lowest BCUT2D eigenvalue weighted by atomic mass is 10.1. The number of carboxylic acids is 1. The summed E-state index contributed by atoms with van der Waals surface area (Å²) in [4.78, 5) is 12.3. The van der Waals surface area contributed by atoms with Crippen molar-refractivity contribution >= 4 is 16.9 Å². The zero-order valence-electron chi connectivity index (χ0n) is 17.5. The van der Waals surface area contributed by atoms with Gasteiger partial charge in [0.25, 0.3) is 0 Å². The summed E-state index contributed by atoms with van der Waals surface area (Å²) in [6, 6.07) is 25.9. The monoisotopic (exact) mass is 414 g/mol. The first-order valence-electron chi connectivity index (χ1n) is 10.4. The molecule has 2 N–H and O–H groups in total. The quantitative estimate of drug-likeness (QED) is 0.389. The number of hydrogen-bond acceptors (Lipinski definition) is 3. The number of para-hydroxylation sites is 1. The van der Waals surface area contributed by atoms with E-state index in [0.29, 0.717) is 18.8 Å². The Labute approximate surface area is 181 Å². The van der Waals surface area contributed by atoms with Gasteiger partial charge in [-0.1, -0.05) is 60.7 Å². The molecule has 0 aliphatic carbocycles. The molecule has 3 aromatic carbocycles. The zero-order chi connectivity index (χ0) is 21.6. The van der Waals surface area contributed by atoms with Crippen molar-refractivity contribution in [3.05, 3.63) is 101 Å². The molecule has 1 heterocycles. The fourth-order valence-corrected chi connectivity index (χ4v) is 3.97. The highest BCUT2D eigenvalue weighted by Gasteiger charge is 2.22. The number of ether oxygens (including phenoxy) is 1. The van der Waals surface area contributed by atoms with Crippen LogP contribution in [0.1, 0.15) is 27.2 Å². The molecule has 1 aromatic heterocycles. The van der Waals surface area contributed by atoms with Gasteiger partial charge in [-0.2, -0.15) is 0 Å². The summed E-state index contributed by atoms with van der Waals surface area (Å²) in [7, 11) is 1.63. The summed E-state index contributed by atoms with van der Waals surface area (Å²) >= 11 is 0. The number of aromatic carboxylic acids is 1. The summed E-state index contributed by atoms with van der Waals surface area (Å²) < 4.78 is 7.13. The highest BCUT2D eigenvalue weighted by atomic mass is 16.5. The lowest BCUT2D eigenvalue weighted by Gasteiger charge is -2.11. The van der Waals surface area contributed by atoms with Gasteiger partial charge in [-0.3, -0.25) is 0 Å². The van der Waals surface area contributed by atoms with E-state index in [1.807, 2.05) is 71.3 Å². The molecule has 5 heteroatoms. The number of hydrogen-bond donors (Lipinski definition) is 2. The van der Waals surface area contributed by atoms with Gasteiger partial charge in [-0.15, -0.1) is 0 Å². The SMILES string of the molecule is COc1ccc(Cn2c(C(=O)O)c(CNCCc3ccccc3)c3ccccc32)cc1. The smallest absolute Gasteiger partial charge is 0.352 e. The van der Waals surface area contributed by atoms with E-state index in [-0.39, 0.29) is 0 Å². The van der Waals surface area contributed by atoms with Gasteiger partial charge in [0.2, 0.25) is 0 Å². The van der Waals surface area contributed by atoms with Crippen molar-refractivity contribution in [2.45, 2.75) is 19.5 Å². The first-order valence-corrected chi connectivity index (χ1v) is 10.4. The molecular formula is C26H26N2O3. The Hall–Kier alpha value is -3.57. The minimum absolute atomic E-state index is 0.337. The van der Waals surface area contributed by atoms with E-state index < -0.39 is 5.97 Å². The average molecular weight is 415 g/mol. The van der Waals surface area contributed by atoms with Crippen molar-refractivity contribution in [1.82, 2.24) is 9.88 Å². The third kappa shape index (κ3) is 4.62. The third-order valence-electron chi connectivity index (χ3n) is 5.51. The molecule has 0 saturated heterocycles. The number of benzene rings is 3. The Morgan fingerprint density at radius 1 is 0.935 bits per heavy atom. The molecule has 0 aliphatic rings. The minimum atomic E-state index is -0.912. The second-order valence-corrected chi connectivity index (χ2v) is 7.50. The van der Waals surface area contributed by atoms with E-state index in [0.717, 1.165) is 40.7 Å². The Kier molecular flexibility index (Phi) is 6.34. The van der Waals surface area contributed by atoms with Crippen LogP contribution >= 0.6 is 0 Å². The molecule has 158 valence electrons. The number of carboxylic acid groups (broad SMARTS) is 1. The molecule has 4 rings (SSSR count). The molecule has 0 aliphatic heterocycles. The van der Waals surface area contributed by atoms with Gasteiger partial charge in [-0.05, 0) is 42.3 Å². The second kappa shape index (κ2) is 9.49. The highest BCUT2D eigenvalue weighted by Crippen LogP contribution is 2.28. The molecule has 0 atom stereocenters. The number of nitrogens with one attached hydrogen (secondary N) is 1. The summed E-state index contributed by atoms with van der Waals surface area (Å²) in [5, 5.41) is 14.5. The molecular weight excluding hydrogens is 388 g/mol. The second-order valence-electron chi connectivity index (χ2n) is 7.50. The van der Waals surface area contributed by atoms with Crippen LogP contribution in [0.15, 0.2) is 78.9 Å². The predicted molar refractivity (Wildman–Crippen MR) is 123 cm³/mol. The van der Waals surface area contributed by atoms with Gasteiger partial charge in [0, 0.05) is 29.6 Å². The van der Waals surface area contributed by atoms with Crippen LogP contribution in [0.2, 0.25) is 0 Å². The van der Waals surface area contributed by atoms with Crippen LogP contribution in [0.5, 0.6) is 5.75 Å². The summed E-state index contributed by atoms with van der Waals surface area (Å²) in [6.45, 7) is 1.77. The van der Waals surface area contributed by atoms with Crippen molar-refractivity contribution in [3.8, 4) is 5.75 Å². The molecule has 0 saturated carbocycles. The first-order chi connectivity index (χ1) is 15.2. The van der Waals surface area contributed by atoms with Gasteiger partial charge < -0.3 is 19.7 Å². The molecule has 0 radical (unpaired) electrons. The van der Waals surface area contributed by atoms with Crippen LogP contribution in [-0.4, -0.2) is 29.3 Å². The predicted octanol–water partition coefficient (Wildman–Crippen LogP) is 4.73. The van der Waals surface area contributed by atoms with Crippen LogP contribution in [0.3, 0.4) is 0 Å². The largest absolute Gasteiger partial charge is 0.497 e. The van der Waals surface area contributed by atoms with Gasteiger partial charge in [0.05, 0.1) is 7.11 Å². The summed E-state index contributed by atoms with van der Waals surface area (Å²) in [5.41, 5.74) is 4.37. The van der Waals surface area contributed by atoms with Gasteiger partial charge >= 0.3 is 5.97 Å². The molecule has 0 unspecified atom stereocenters. The van der Waals surface area contributed by atoms with Gasteiger partial charge in [0.15, 0.2) is 0 Å². The Morgan fingerprint density at radius 2 is 1.65 bits per heavy atom. The maximum Gasteiger partial charge on any atom is 0.352 e. The topological polar surface area (TPSA) is 63.5 Å². The molecule has 31 heavy (non-hydrogen) atoms. The Balaban J connectivity index is 1.61. The summed E-state index contributed by atoms with van der Waals surface area (Å²) in [6.07, 6.45) is 0.897. The number of fused-ring (bicyclic) bond motifs is 1. The fourth-order valence-electron chi connectivity index (χ4n) is 3.97. The minimum Gasteiger partial charge on any atom is -0.497 e. The number of rotatable bonds is 9. The fraction of sp³-hybridized carbons (Fsp3) is 0.192. The normalized spacial score (nSPS) is 11.0. The van der Waals surface area contributed by atoms with Crippen LogP contribution in [0, 0.1) is 0 Å². The number of carbonyl (C=O) groups is 1. The van der Waals surface area contributed by atoms with Gasteiger partial charge in [0.1, 0.15) is 11.4 Å². The zero-order valence-corrected chi connectivity index (χ0v) is 17.5. The van der Waals surface area contributed by atoms with Gasteiger partial charge in [-0.25, -0.2) is 4.79 Å². The van der Waals surface area contributed by atoms with Crippen molar-refractivity contribution in [3.63, 3.8) is 0 Å². The van der Waals surface area contributed by atoms with Crippen molar-refractivity contribution in [1.29, 1.82) is 0 Å². The van der Waals surface area contributed by atoms with E-state index >= 15 is 0 Å². The molecule has 0 spiro atoms. The van der Waals surface area contributed by atoms with E-state index in [2.05, 4.69) is 17.4 Å². The van der Waals surface area contributed by atoms with E-state index in [4.69, 9.17) is 4.74 Å². The van der Waals surface area contributed by atoms with Crippen LogP contribution in [0.25, 0.3) is 10.9 Å². The lowest BCUT2D eigenvalue weighted by Crippen LogP contribution is -2.19. The van der Waals surface area contributed by atoms with Crippen LogP contribution in [-0.2, 0) is 19.5 Å². The maximum absolute atomic E-state index is 12.3. The van der Waals surface area contributed by atoms with E-state index in [9.17, 15) is 9.90 Å². The molecule has 0 amide bonds. The molecule has 0 bridgehead atoms. The standard InChI is InChI=1S/C26H26N2O3/c1-31-21-13-11-20(12-14-21)18-28-24-10-6-5-9-22(24)23(25(28)26(29)30)17-27-16-15-19-7-3-2-4-8-19/h2-14,27H,15-18H2,1H3,(H,29,30). The number of nitrogens with zero attached hydrogens (tertiary/aromatic N) is 1. The first kappa shape index (κ1) is 20.7. The van der Waals surface area contributed by atoms with Crippen LogP contribution < -0.4 is 10.1 Å². The van der Waals surface area contributed by atoms with Crippen molar-refractivity contribution in [2.75, 3.05) is 13.7 Å². The Bertz CT molecular complexity index is 1160. The lowest BCUT2D eigenvalue weighted by molar-refractivity contribution is 0.0684. The average Bonchev–Trinajstić information content (AvgIpc) is 3.11. The highest BCUT2D eigenvalue weighted by molar-refractivity contribution is 5.98. The van der Waals surface area contributed by atoms with Crippen LogP contribution in [0.4, 0.5) is 0 Å². The maximum atomic E-state index is 12.3. The van der Waals surface area contributed by atoms with Crippen molar-refractivity contribution < 1.29 is 14.6 Å². The Morgan fingerprint density at radius 3 is 2.35 bits per heavy atom. The molecule has 4 aromatic rings. The van der Waals surface area contributed by atoms with E-state index in [1.165, 1.54) is 5.56 Å².